The number of anilines is 1. The van der Waals surface area contributed by atoms with Crippen LogP contribution in [0.2, 0.25) is 0 Å². The third-order valence-corrected chi connectivity index (χ3v) is 2.59. The van der Waals surface area contributed by atoms with E-state index in [-0.39, 0.29) is 17.1 Å². The van der Waals surface area contributed by atoms with Crippen LogP contribution < -0.4 is 5.32 Å². The van der Waals surface area contributed by atoms with Crippen molar-refractivity contribution in [3.8, 4) is 11.4 Å². The van der Waals surface area contributed by atoms with Crippen LogP contribution in [-0.4, -0.2) is 26.6 Å². The highest BCUT2D eigenvalue weighted by Crippen LogP contribution is 2.31. The monoisotopic (exact) mass is 328 g/mol. The number of aromatic nitrogens is 3. The van der Waals surface area contributed by atoms with E-state index in [9.17, 15) is 18.0 Å². The van der Waals surface area contributed by atoms with Crippen LogP contribution in [0.1, 0.15) is 26.5 Å². The van der Waals surface area contributed by atoms with Gasteiger partial charge in [-0.1, -0.05) is 0 Å². The van der Waals surface area contributed by atoms with E-state index in [0.717, 1.165) is 0 Å². The fraction of sp³-hybridized carbons (Fsp3) is 0.357. The summed E-state index contributed by atoms with van der Waals surface area (Å²) in [5.41, 5.74) is -1.24. The molecule has 0 spiro atoms. The van der Waals surface area contributed by atoms with Gasteiger partial charge in [0.05, 0.1) is 17.4 Å². The molecule has 0 aliphatic rings. The Hall–Kier alpha value is -2.58. The number of alkyl halides is 3. The number of ether oxygens (including phenoxy) is 1. The number of carbonyl (C=O) groups excluding carboxylic acids is 1. The molecule has 0 saturated carbocycles. The fourth-order valence-electron chi connectivity index (χ4n) is 1.71. The van der Waals surface area contributed by atoms with Gasteiger partial charge in [-0.25, -0.2) is 9.78 Å². The summed E-state index contributed by atoms with van der Waals surface area (Å²) in [4.78, 5) is 21.5. The van der Waals surface area contributed by atoms with Crippen LogP contribution in [0.4, 0.5) is 23.7 Å². The topological polar surface area (TPSA) is 79.9 Å². The molecule has 124 valence electrons. The molecule has 0 aliphatic heterocycles. The van der Waals surface area contributed by atoms with Crippen molar-refractivity contribution in [2.24, 2.45) is 0 Å². The Labute approximate surface area is 130 Å². The lowest BCUT2D eigenvalue weighted by molar-refractivity contribution is -0.140. The van der Waals surface area contributed by atoms with Gasteiger partial charge in [0, 0.05) is 12.4 Å². The highest BCUT2D eigenvalue weighted by atomic mass is 19.4. The van der Waals surface area contributed by atoms with Crippen molar-refractivity contribution in [3.05, 3.63) is 30.4 Å². The lowest BCUT2D eigenvalue weighted by Crippen LogP contribution is -2.27. The number of hydrogen-bond acceptors (Lipinski definition) is 4. The first-order valence-corrected chi connectivity index (χ1v) is 6.63. The quantitative estimate of drug-likeness (QED) is 0.878. The smallest absolute Gasteiger partial charge is 0.432 e. The van der Waals surface area contributed by atoms with Crippen molar-refractivity contribution in [3.63, 3.8) is 0 Å². The van der Waals surface area contributed by atoms with E-state index in [1.165, 1.54) is 18.5 Å². The summed E-state index contributed by atoms with van der Waals surface area (Å²) in [6, 6.07) is 1.44. The third-order valence-electron chi connectivity index (χ3n) is 2.59. The average molecular weight is 328 g/mol. The second kappa shape index (κ2) is 5.90. The van der Waals surface area contributed by atoms with Gasteiger partial charge in [-0.05, 0) is 26.8 Å². The number of pyridine rings is 1. The Bertz CT molecular complexity index is 705. The molecule has 1 amide bonds. The molecule has 9 heteroatoms. The van der Waals surface area contributed by atoms with Gasteiger partial charge < -0.3 is 9.72 Å². The molecule has 0 fully saturated rings. The van der Waals surface area contributed by atoms with Gasteiger partial charge >= 0.3 is 12.3 Å². The van der Waals surface area contributed by atoms with Gasteiger partial charge in [0.1, 0.15) is 17.1 Å². The van der Waals surface area contributed by atoms with Gasteiger partial charge in [-0.3, -0.25) is 10.3 Å². The number of nitrogens with one attached hydrogen (secondary N) is 2. The number of carbonyl (C=O) groups is 1. The lowest BCUT2D eigenvalue weighted by Gasteiger charge is -2.20. The van der Waals surface area contributed by atoms with E-state index < -0.39 is 23.6 Å². The molecule has 0 aliphatic carbocycles. The minimum atomic E-state index is -4.54. The van der Waals surface area contributed by atoms with Gasteiger partial charge in [0.15, 0.2) is 0 Å². The van der Waals surface area contributed by atoms with E-state index in [4.69, 9.17) is 4.74 Å². The molecule has 6 nitrogen and oxygen atoms in total. The van der Waals surface area contributed by atoms with Crippen molar-refractivity contribution in [1.29, 1.82) is 0 Å². The highest BCUT2D eigenvalue weighted by Gasteiger charge is 2.33. The van der Waals surface area contributed by atoms with Crippen molar-refractivity contribution >= 4 is 11.8 Å². The molecule has 0 saturated heterocycles. The Balaban J connectivity index is 2.28. The van der Waals surface area contributed by atoms with Gasteiger partial charge in [0.25, 0.3) is 0 Å². The van der Waals surface area contributed by atoms with Crippen molar-refractivity contribution < 1.29 is 22.7 Å². The van der Waals surface area contributed by atoms with E-state index in [1.807, 2.05) is 0 Å². The number of rotatable bonds is 2. The molecule has 2 N–H and O–H groups in total. The zero-order valence-corrected chi connectivity index (χ0v) is 12.7. The standard InChI is InChI=1S/C14H15F3N4O2/c1-13(2,3)23-12(22)20-9-4-5-18-6-8(9)11-19-7-10(21-11)14(15,16)17/h4-7H,1-3H3,(H,19,21)(H,18,20,22). The zero-order valence-electron chi connectivity index (χ0n) is 12.7. The molecule has 0 atom stereocenters. The van der Waals surface area contributed by atoms with Crippen LogP contribution in [0.5, 0.6) is 0 Å². The number of nitrogens with zero attached hydrogens (tertiary/aromatic N) is 2. The average Bonchev–Trinajstić information content (AvgIpc) is 2.86. The van der Waals surface area contributed by atoms with E-state index in [2.05, 4.69) is 20.3 Å². The molecule has 0 unspecified atom stereocenters. The Morgan fingerprint density at radius 1 is 1.26 bits per heavy atom. The first-order valence-electron chi connectivity index (χ1n) is 6.63. The number of imidazole rings is 1. The predicted molar refractivity (Wildman–Crippen MR) is 76.7 cm³/mol. The molecular formula is C14H15F3N4O2. The van der Waals surface area contributed by atoms with Crippen LogP contribution in [0.25, 0.3) is 11.4 Å². The van der Waals surface area contributed by atoms with Crippen LogP contribution >= 0.6 is 0 Å². The molecule has 2 rings (SSSR count). The summed E-state index contributed by atoms with van der Waals surface area (Å²) in [6.07, 6.45) is -1.89. The Morgan fingerprint density at radius 3 is 2.52 bits per heavy atom. The molecule has 23 heavy (non-hydrogen) atoms. The molecule has 0 radical (unpaired) electrons. The molecular weight excluding hydrogens is 313 g/mol. The summed E-state index contributed by atoms with van der Waals surface area (Å²) in [7, 11) is 0. The number of hydrogen-bond donors (Lipinski definition) is 2. The Morgan fingerprint density at radius 2 is 1.96 bits per heavy atom. The number of H-pyrrole nitrogens is 1. The van der Waals surface area contributed by atoms with E-state index >= 15 is 0 Å². The highest BCUT2D eigenvalue weighted by molar-refractivity contribution is 5.90. The number of halogens is 3. The van der Waals surface area contributed by atoms with Crippen molar-refractivity contribution in [2.45, 2.75) is 32.5 Å². The molecule has 0 aromatic carbocycles. The fourth-order valence-corrected chi connectivity index (χ4v) is 1.71. The lowest BCUT2D eigenvalue weighted by atomic mass is 10.2. The minimum absolute atomic E-state index is 0.0588. The van der Waals surface area contributed by atoms with Gasteiger partial charge in [-0.2, -0.15) is 13.2 Å². The first kappa shape index (κ1) is 16.8. The summed E-state index contributed by atoms with van der Waals surface area (Å²) >= 11 is 0. The van der Waals surface area contributed by atoms with Crippen LogP contribution in [0.3, 0.4) is 0 Å². The minimum Gasteiger partial charge on any atom is -0.444 e. The van der Waals surface area contributed by atoms with E-state index in [1.54, 1.807) is 20.8 Å². The number of amides is 1. The second-order valence-electron chi connectivity index (χ2n) is 5.69. The predicted octanol–water partition coefficient (Wildman–Crippen LogP) is 3.84. The van der Waals surface area contributed by atoms with Gasteiger partial charge in [0.2, 0.25) is 0 Å². The largest absolute Gasteiger partial charge is 0.444 e. The summed E-state index contributed by atoms with van der Waals surface area (Å²) in [5, 5.41) is 2.47. The normalized spacial score (nSPS) is 12.1. The Kier molecular flexibility index (Phi) is 4.31. The zero-order chi connectivity index (χ0) is 17.3. The van der Waals surface area contributed by atoms with Crippen molar-refractivity contribution in [2.75, 3.05) is 5.32 Å². The molecule has 2 aromatic heterocycles. The maximum Gasteiger partial charge on any atom is 0.432 e. The maximum atomic E-state index is 12.6. The van der Waals surface area contributed by atoms with Crippen molar-refractivity contribution in [1.82, 2.24) is 15.0 Å². The SMILES string of the molecule is CC(C)(C)OC(=O)Nc1ccncc1-c1ncc(C(F)(F)F)[nH]1. The second-order valence-corrected chi connectivity index (χ2v) is 5.69. The van der Waals surface area contributed by atoms with Gasteiger partial charge in [-0.15, -0.1) is 0 Å². The first-order chi connectivity index (χ1) is 10.6. The van der Waals surface area contributed by atoms with Crippen LogP contribution in [0.15, 0.2) is 24.7 Å². The van der Waals surface area contributed by atoms with Crippen LogP contribution in [0, 0.1) is 0 Å². The van der Waals surface area contributed by atoms with Crippen LogP contribution in [-0.2, 0) is 10.9 Å². The molecule has 2 heterocycles. The maximum absolute atomic E-state index is 12.6. The summed E-state index contributed by atoms with van der Waals surface area (Å²) < 4.78 is 43.0. The molecule has 0 bridgehead atoms. The third kappa shape index (κ3) is 4.44. The van der Waals surface area contributed by atoms with E-state index in [0.29, 0.717) is 6.20 Å². The summed E-state index contributed by atoms with van der Waals surface area (Å²) in [6.45, 7) is 5.09. The summed E-state index contributed by atoms with van der Waals surface area (Å²) in [5.74, 6) is -0.0588. The number of aromatic amines is 1. The molecule has 2 aromatic rings.